The zero-order chi connectivity index (χ0) is 15.5. The molecule has 0 bridgehead atoms. The molecule has 0 amide bonds. The van der Waals surface area contributed by atoms with Crippen LogP contribution in [0.3, 0.4) is 0 Å². The average molecular weight is 295 g/mol. The predicted molar refractivity (Wildman–Crippen MR) is 85.6 cm³/mol. The number of rotatable bonds is 11. The smallest absolute Gasteiger partial charge is 0.0897 e. The Labute approximate surface area is 128 Å². The third-order valence-electron chi connectivity index (χ3n) is 3.24. The lowest BCUT2D eigenvalue weighted by molar-refractivity contribution is 0.00643. The van der Waals surface area contributed by atoms with E-state index in [0.717, 1.165) is 6.54 Å². The summed E-state index contributed by atoms with van der Waals surface area (Å²) in [6.07, 6.45) is -0.485. The molecule has 0 heterocycles. The van der Waals surface area contributed by atoms with Crippen LogP contribution in [0.25, 0.3) is 0 Å². The Balaban J connectivity index is 2.12. The van der Waals surface area contributed by atoms with Gasteiger partial charge in [0.2, 0.25) is 0 Å². The molecule has 21 heavy (non-hydrogen) atoms. The Hall–Kier alpha value is -0.940. The molecule has 0 aliphatic heterocycles. The zero-order valence-corrected chi connectivity index (χ0v) is 13.5. The standard InChI is InChI=1S/C17H29NO3/c1-4-20-9-10-21-13-17(19)12-18-11-15-5-7-16(8-6-15)14(2)3/h5-8,14,17-19H,4,9-13H2,1-3H3. The summed E-state index contributed by atoms with van der Waals surface area (Å²) in [6, 6.07) is 8.59. The van der Waals surface area contributed by atoms with Crippen LogP contribution < -0.4 is 5.32 Å². The minimum absolute atomic E-state index is 0.340. The van der Waals surface area contributed by atoms with Gasteiger partial charge in [0, 0.05) is 19.7 Å². The highest BCUT2D eigenvalue weighted by Gasteiger charge is 2.04. The van der Waals surface area contributed by atoms with Gasteiger partial charge in [-0.1, -0.05) is 38.1 Å². The number of nitrogens with one attached hydrogen (secondary N) is 1. The van der Waals surface area contributed by atoms with E-state index >= 15 is 0 Å². The summed E-state index contributed by atoms with van der Waals surface area (Å²) in [6.45, 7) is 9.77. The molecule has 0 aliphatic carbocycles. The number of ether oxygens (including phenoxy) is 2. The molecule has 1 rings (SSSR count). The van der Waals surface area contributed by atoms with Gasteiger partial charge in [0.25, 0.3) is 0 Å². The van der Waals surface area contributed by atoms with Crippen molar-refractivity contribution in [2.75, 3.05) is 33.0 Å². The largest absolute Gasteiger partial charge is 0.389 e. The van der Waals surface area contributed by atoms with Gasteiger partial charge in [0.15, 0.2) is 0 Å². The Kier molecular flexibility index (Phi) is 9.26. The van der Waals surface area contributed by atoms with Crippen LogP contribution >= 0.6 is 0 Å². The minimum atomic E-state index is -0.485. The van der Waals surface area contributed by atoms with Crippen molar-refractivity contribution in [1.82, 2.24) is 5.32 Å². The molecule has 2 N–H and O–H groups in total. The Bertz CT molecular complexity index is 365. The number of aliphatic hydroxyl groups excluding tert-OH is 1. The first-order valence-electron chi connectivity index (χ1n) is 7.76. The van der Waals surface area contributed by atoms with E-state index in [1.807, 2.05) is 6.92 Å². The van der Waals surface area contributed by atoms with Crippen molar-refractivity contribution in [1.29, 1.82) is 0 Å². The van der Waals surface area contributed by atoms with Crippen LogP contribution in [0.15, 0.2) is 24.3 Å². The summed E-state index contributed by atoms with van der Waals surface area (Å²) in [5.74, 6) is 0.558. The number of hydrogen-bond acceptors (Lipinski definition) is 4. The second-order valence-corrected chi connectivity index (χ2v) is 5.45. The SMILES string of the molecule is CCOCCOCC(O)CNCc1ccc(C(C)C)cc1. The first kappa shape index (κ1) is 18.1. The third-order valence-corrected chi connectivity index (χ3v) is 3.24. The van der Waals surface area contributed by atoms with Crippen molar-refractivity contribution < 1.29 is 14.6 Å². The molecule has 0 aliphatic rings. The summed E-state index contributed by atoms with van der Waals surface area (Å²) in [5, 5.41) is 13.0. The molecule has 0 radical (unpaired) electrons. The highest BCUT2D eigenvalue weighted by molar-refractivity contribution is 5.24. The lowest BCUT2D eigenvalue weighted by atomic mass is 10.0. The lowest BCUT2D eigenvalue weighted by Gasteiger charge is -2.13. The summed E-state index contributed by atoms with van der Waals surface area (Å²) >= 11 is 0. The normalized spacial score (nSPS) is 12.8. The van der Waals surface area contributed by atoms with E-state index in [9.17, 15) is 5.11 Å². The Morgan fingerprint density at radius 3 is 2.38 bits per heavy atom. The fourth-order valence-electron chi connectivity index (χ4n) is 1.94. The maximum atomic E-state index is 9.77. The molecule has 0 saturated carbocycles. The summed E-state index contributed by atoms with van der Waals surface area (Å²) in [7, 11) is 0. The monoisotopic (exact) mass is 295 g/mol. The van der Waals surface area contributed by atoms with Crippen LogP contribution in [0.5, 0.6) is 0 Å². The van der Waals surface area contributed by atoms with Crippen LogP contribution in [-0.4, -0.2) is 44.2 Å². The fourth-order valence-corrected chi connectivity index (χ4v) is 1.94. The maximum absolute atomic E-state index is 9.77. The van der Waals surface area contributed by atoms with Gasteiger partial charge in [-0.2, -0.15) is 0 Å². The Morgan fingerprint density at radius 1 is 1.10 bits per heavy atom. The fraction of sp³-hybridized carbons (Fsp3) is 0.647. The van der Waals surface area contributed by atoms with Gasteiger partial charge < -0.3 is 19.9 Å². The molecule has 4 heteroatoms. The van der Waals surface area contributed by atoms with Crippen LogP contribution in [0.4, 0.5) is 0 Å². The number of hydrogen-bond donors (Lipinski definition) is 2. The van der Waals surface area contributed by atoms with E-state index in [4.69, 9.17) is 9.47 Å². The molecular formula is C17H29NO3. The molecule has 1 unspecified atom stereocenters. The molecule has 0 fully saturated rings. The van der Waals surface area contributed by atoms with Gasteiger partial charge in [0.05, 0.1) is 25.9 Å². The summed E-state index contributed by atoms with van der Waals surface area (Å²) < 4.78 is 10.5. The van der Waals surface area contributed by atoms with Gasteiger partial charge >= 0.3 is 0 Å². The quantitative estimate of drug-likeness (QED) is 0.615. The average Bonchev–Trinajstić information content (AvgIpc) is 2.47. The first-order valence-corrected chi connectivity index (χ1v) is 7.76. The second kappa shape index (κ2) is 10.7. The summed E-state index contributed by atoms with van der Waals surface area (Å²) in [5.41, 5.74) is 2.57. The van der Waals surface area contributed by atoms with Crippen LogP contribution in [0.1, 0.15) is 37.8 Å². The molecule has 4 nitrogen and oxygen atoms in total. The highest BCUT2D eigenvalue weighted by atomic mass is 16.5. The van der Waals surface area contributed by atoms with E-state index in [1.54, 1.807) is 0 Å². The molecular weight excluding hydrogens is 266 g/mol. The van der Waals surface area contributed by atoms with E-state index in [2.05, 4.69) is 43.4 Å². The zero-order valence-electron chi connectivity index (χ0n) is 13.5. The van der Waals surface area contributed by atoms with E-state index in [1.165, 1.54) is 11.1 Å². The van der Waals surface area contributed by atoms with E-state index in [0.29, 0.717) is 38.9 Å². The van der Waals surface area contributed by atoms with E-state index in [-0.39, 0.29) is 0 Å². The molecule has 0 spiro atoms. The predicted octanol–water partition coefficient (Wildman–Crippen LogP) is 2.31. The Morgan fingerprint density at radius 2 is 1.76 bits per heavy atom. The minimum Gasteiger partial charge on any atom is -0.389 e. The van der Waals surface area contributed by atoms with Crippen molar-refractivity contribution >= 4 is 0 Å². The first-order chi connectivity index (χ1) is 10.1. The van der Waals surface area contributed by atoms with Gasteiger partial charge in [-0.15, -0.1) is 0 Å². The molecule has 1 aromatic carbocycles. The van der Waals surface area contributed by atoms with Crippen molar-refractivity contribution in [2.24, 2.45) is 0 Å². The third kappa shape index (κ3) is 8.17. The number of benzene rings is 1. The maximum Gasteiger partial charge on any atom is 0.0897 e. The van der Waals surface area contributed by atoms with Crippen LogP contribution in [0, 0.1) is 0 Å². The number of aliphatic hydroxyl groups is 1. The molecule has 0 aromatic heterocycles. The van der Waals surface area contributed by atoms with Crippen LogP contribution in [-0.2, 0) is 16.0 Å². The summed E-state index contributed by atoms with van der Waals surface area (Å²) in [4.78, 5) is 0. The lowest BCUT2D eigenvalue weighted by Crippen LogP contribution is -2.30. The van der Waals surface area contributed by atoms with Crippen molar-refractivity contribution in [3.8, 4) is 0 Å². The molecule has 0 saturated heterocycles. The topological polar surface area (TPSA) is 50.7 Å². The van der Waals surface area contributed by atoms with Crippen molar-refractivity contribution in [3.63, 3.8) is 0 Å². The molecule has 1 atom stereocenters. The highest BCUT2D eigenvalue weighted by Crippen LogP contribution is 2.14. The van der Waals surface area contributed by atoms with Gasteiger partial charge in [-0.3, -0.25) is 0 Å². The van der Waals surface area contributed by atoms with Crippen molar-refractivity contribution in [3.05, 3.63) is 35.4 Å². The molecule has 1 aromatic rings. The van der Waals surface area contributed by atoms with Crippen LogP contribution in [0.2, 0.25) is 0 Å². The van der Waals surface area contributed by atoms with Gasteiger partial charge in [-0.05, 0) is 24.0 Å². The van der Waals surface area contributed by atoms with Gasteiger partial charge in [0.1, 0.15) is 0 Å². The second-order valence-electron chi connectivity index (χ2n) is 5.45. The van der Waals surface area contributed by atoms with Crippen molar-refractivity contribution in [2.45, 2.75) is 39.3 Å². The van der Waals surface area contributed by atoms with Gasteiger partial charge in [-0.25, -0.2) is 0 Å². The van der Waals surface area contributed by atoms with E-state index < -0.39 is 6.10 Å². The molecule has 120 valence electrons.